The maximum atomic E-state index is 11.5. The summed E-state index contributed by atoms with van der Waals surface area (Å²) in [5, 5.41) is 0. The number of likely N-dealkylation sites (N-methyl/N-ethyl adjacent to an activating group) is 1. The number of ketones is 1. The number of rotatable bonds is 0. The average Bonchev–Trinajstić information content (AvgIpc) is 2.57. The molecule has 0 N–H and O–H groups in total. The van der Waals surface area contributed by atoms with E-state index in [0.29, 0.717) is 11.8 Å². The summed E-state index contributed by atoms with van der Waals surface area (Å²) in [6.45, 7) is 2.30. The second-order valence-electron chi connectivity index (χ2n) is 5.50. The maximum Gasteiger partial charge on any atom is 0.132 e. The van der Waals surface area contributed by atoms with Crippen molar-refractivity contribution in [1.29, 1.82) is 0 Å². The molecule has 0 aromatic heterocycles. The van der Waals surface area contributed by atoms with Gasteiger partial charge in [0.05, 0.1) is 0 Å². The van der Waals surface area contributed by atoms with E-state index >= 15 is 0 Å². The molecule has 17 heavy (non-hydrogen) atoms. The van der Waals surface area contributed by atoms with Gasteiger partial charge >= 0.3 is 0 Å². The summed E-state index contributed by atoms with van der Waals surface area (Å²) in [4.78, 5) is 13.9. The molecule has 0 bridgehead atoms. The van der Waals surface area contributed by atoms with E-state index in [2.05, 4.69) is 43.1 Å². The summed E-state index contributed by atoms with van der Waals surface area (Å²) >= 11 is 0. The molecule has 1 spiro atoms. The number of nitrogens with zero attached hydrogens (tertiary/aromatic N) is 1. The Kier molecular flexibility index (Phi) is 2.29. The van der Waals surface area contributed by atoms with Gasteiger partial charge in [-0.05, 0) is 31.4 Å². The predicted molar refractivity (Wildman–Crippen MR) is 69.5 cm³/mol. The molecule has 1 atom stereocenters. The van der Waals surface area contributed by atoms with Crippen LogP contribution in [0.2, 0.25) is 0 Å². The summed E-state index contributed by atoms with van der Waals surface area (Å²) in [6, 6.07) is 9.20. The topological polar surface area (TPSA) is 20.3 Å². The van der Waals surface area contributed by atoms with Crippen molar-refractivity contribution in [3.8, 4) is 0 Å². The third-order valence-electron chi connectivity index (χ3n) is 4.90. The number of para-hydroxylation sites is 1. The molecule has 0 amide bonds. The van der Waals surface area contributed by atoms with Crippen LogP contribution in [-0.2, 0) is 10.2 Å². The minimum atomic E-state index is 0.221. The lowest BCUT2D eigenvalue weighted by Crippen LogP contribution is -2.43. The third kappa shape index (κ3) is 1.36. The predicted octanol–water partition coefficient (Wildman–Crippen LogP) is 2.91. The first kappa shape index (κ1) is 10.8. The number of carbonyl (C=O) groups excluding carboxylic acids is 1. The molecule has 1 aliphatic carbocycles. The van der Waals surface area contributed by atoms with E-state index in [1.165, 1.54) is 11.3 Å². The molecule has 1 fully saturated rings. The van der Waals surface area contributed by atoms with E-state index in [9.17, 15) is 4.79 Å². The van der Waals surface area contributed by atoms with Crippen LogP contribution in [0, 0.1) is 0 Å². The van der Waals surface area contributed by atoms with Crippen LogP contribution in [0.15, 0.2) is 24.3 Å². The lowest BCUT2D eigenvalue weighted by atomic mass is 9.67. The molecule has 1 aliphatic heterocycles. The van der Waals surface area contributed by atoms with Gasteiger partial charge in [0.25, 0.3) is 0 Å². The highest BCUT2D eigenvalue weighted by molar-refractivity contribution is 5.80. The molecular formula is C15H19NO. The molecule has 0 saturated heterocycles. The molecule has 1 heterocycles. The second kappa shape index (κ2) is 3.59. The van der Waals surface area contributed by atoms with Gasteiger partial charge in [-0.25, -0.2) is 0 Å². The number of fused-ring (bicyclic) bond motifs is 2. The maximum absolute atomic E-state index is 11.5. The molecule has 1 aromatic rings. The van der Waals surface area contributed by atoms with Crippen molar-refractivity contribution < 1.29 is 4.79 Å². The SMILES string of the molecule is CC1N(C)c2ccccc2C12CCC(=O)CC2. The lowest BCUT2D eigenvalue weighted by Gasteiger charge is -2.39. The number of hydrogen-bond acceptors (Lipinski definition) is 2. The van der Waals surface area contributed by atoms with Gasteiger partial charge in [-0.3, -0.25) is 4.79 Å². The van der Waals surface area contributed by atoms with E-state index in [1.54, 1.807) is 0 Å². The lowest BCUT2D eigenvalue weighted by molar-refractivity contribution is -0.121. The zero-order valence-electron chi connectivity index (χ0n) is 10.6. The highest BCUT2D eigenvalue weighted by atomic mass is 16.1. The molecule has 3 rings (SSSR count). The zero-order valence-corrected chi connectivity index (χ0v) is 10.6. The quantitative estimate of drug-likeness (QED) is 0.681. The Morgan fingerprint density at radius 3 is 2.59 bits per heavy atom. The van der Waals surface area contributed by atoms with Gasteiger partial charge in [-0.15, -0.1) is 0 Å². The van der Waals surface area contributed by atoms with E-state index < -0.39 is 0 Å². The number of carbonyl (C=O) groups is 1. The molecule has 90 valence electrons. The van der Waals surface area contributed by atoms with Crippen molar-refractivity contribution >= 4 is 11.5 Å². The first-order chi connectivity index (χ1) is 8.15. The van der Waals surface area contributed by atoms with Gasteiger partial charge in [0.2, 0.25) is 0 Å². The van der Waals surface area contributed by atoms with Gasteiger partial charge in [0.1, 0.15) is 5.78 Å². The van der Waals surface area contributed by atoms with Gasteiger partial charge in [-0.2, -0.15) is 0 Å². The third-order valence-corrected chi connectivity index (χ3v) is 4.90. The Morgan fingerprint density at radius 1 is 1.24 bits per heavy atom. The Hall–Kier alpha value is -1.31. The Morgan fingerprint density at radius 2 is 1.88 bits per heavy atom. The minimum Gasteiger partial charge on any atom is -0.371 e. The summed E-state index contributed by atoms with van der Waals surface area (Å²) in [7, 11) is 2.18. The Bertz CT molecular complexity index is 456. The number of Topliss-reactive ketones (excluding diaryl/α,β-unsaturated/α-hetero) is 1. The van der Waals surface area contributed by atoms with Gasteiger partial charge < -0.3 is 4.90 Å². The molecule has 2 nitrogen and oxygen atoms in total. The molecular weight excluding hydrogens is 210 g/mol. The zero-order chi connectivity index (χ0) is 12.0. The highest BCUT2D eigenvalue weighted by Gasteiger charge is 2.48. The van der Waals surface area contributed by atoms with Crippen molar-refractivity contribution in [2.45, 2.75) is 44.1 Å². The first-order valence-electron chi connectivity index (χ1n) is 6.49. The van der Waals surface area contributed by atoms with E-state index in [-0.39, 0.29) is 5.41 Å². The fraction of sp³-hybridized carbons (Fsp3) is 0.533. The van der Waals surface area contributed by atoms with Crippen molar-refractivity contribution in [2.75, 3.05) is 11.9 Å². The summed E-state index contributed by atoms with van der Waals surface area (Å²) in [5.74, 6) is 0.440. The van der Waals surface area contributed by atoms with Crippen LogP contribution < -0.4 is 4.90 Å². The van der Waals surface area contributed by atoms with E-state index in [4.69, 9.17) is 0 Å². The van der Waals surface area contributed by atoms with Crippen LogP contribution in [-0.4, -0.2) is 18.9 Å². The monoisotopic (exact) mass is 229 g/mol. The Balaban J connectivity index is 2.08. The average molecular weight is 229 g/mol. The van der Waals surface area contributed by atoms with Crippen LogP contribution in [0.25, 0.3) is 0 Å². The second-order valence-corrected chi connectivity index (χ2v) is 5.50. The first-order valence-corrected chi connectivity index (χ1v) is 6.49. The molecule has 1 unspecified atom stereocenters. The molecule has 2 heteroatoms. The van der Waals surface area contributed by atoms with Crippen molar-refractivity contribution in [3.05, 3.63) is 29.8 Å². The van der Waals surface area contributed by atoms with Crippen LogP contribution in [0.4, 0.5) is 5.69 Å². The normalized spacial score (nSPS) is 26.4. The van der Waals surface area contributed by atoms with Crippen LogP contribution in [0.3, 0.4) is 0 Å². The molecule has 1 aromatic carbocycles. The molecule has 0 radical (unpaired) electrons. The summed E-state index contributed by atoms with van der Waals surface area (Å²) in [5.41, 5.74) is 3.04. The standard InChI is InChI=1S/C15H19NO/c1-11-15(9-7-12(17)8-10-15)13-5-3-4-6-14(13)16(11)2/h3-6,11H,7-10H2,1-2H3. The molecule has 1 saturated carbocycles. The summed E-state index contributed by atoms with van der Waals surface area (Å²) < 4.78 is 0. The van der Waals surface area contributed by atoms with Gasteiger partial charge in [0.15, 0.2) is 0 Å². The largest absolute Gasteiger partial charge is 0.371 e. The number of benzene rings is 1. The van der Waals surface area contributed by atoms with Gasteiger partial charge in [-0.1, -0.05) is 18.2 Å². The fourth-order valence-electron chi connectivity index (χ4n) is 3.67. The fourth-order valence-corrected chi connectivity index (χ4v) is 3.67. The highest BCUT2D eigenvalue weighted by Crippen LogP contribution is 2.51. The van der Waals surface area contributed by atoms with Crippen LogP contribution in [0.1, 0.15) is 38.2 Å². The van der Waals surface area contributed by atoms with Gasteiger partial charge in [0, 0.05) is 37.0 Å². The van der Waals surface area contributed by atoms with Crippen LogP contribution >= 0.6 is 0 Å². The van der Waals surface area contributed by atoms with Crippen LogP contribution in [0.5, 0.6) is 0 Å². The van der Waals surface area contributed by atoms with E-state index in [0.717, 1.165) is 25.7 Å². The summed E-state index contributed by atoms with van der Waals surface area (Å²) in [6.07, 6.45) is 3.56. The van der Waals surface area contributed by atoms with Crippen molar-refractivity contribution in [3.63, 3.8) is 0 Å². The number of hydrogen-bond donors (Lipinski definition) is 0. The van der Waals surface area contributed by atoms with Crippen molar-refractivity contribution in [1.82, 2.24) is 0 Å². The smallest absolute Gasteiger partial charge is 0.132 e. The number of anilines is 1. The van der Waals surface area contributed by atoms with Crippen molar-refractivity contribution in [2.24, 2.45) is 0 Å². The van der Waals surface area contributed by atoms with E-state index in [1.807, 2.05) is 0 Å². The minimum absolute atomic E-state index is 0.221. The molecule has 2 aliphatic rings. The Labute approximate surface area is 103 Å².